The summed E-state index contributed by atoms with van der Waals surface area (Å²) in [5, 5.41) is 0.728. The molecule has 1 amide bonds. The van der Waals surface area contributed by atoms with E-state index in [0.717, 1.165) is 33.9 Å². The largest absolute Gasteiger partial charge is 0.338 e. The maximum Gasteiger partial charge on any atom is 0.233 e. The van der Waals surface area contributed by atoms with Gasteiger partial charge in [0.05, 0.1) is 43.8 Å². The lowest BCUT2D eigenvalue weighted by Crippen LogP contribution is -3.06. The normalized spacial score (nSPS) is 11.3. The molecule has 3 aromatic rings. The van der Waals surface area contributed by atoms with Crippen LogP contribution in [0.25, 0.3) is 10.2 Å². The number of nitrogens with zero attached hydrogens (tertiary/aromatic N) is 2. The van der Waals surface area contributed by atoms with Gasteiger partial charge >= 0.3 is 0 Å². The molecule has 2 aromatic carbocycles. The summed E-state index contributed by atoms with van der Waals surface area (Å²) in [5.74, 6) is -0.310. The fourth-order valence-electron chi connectivity index (χ4n) is 2.83. The number of quaternary nitrogens is 1. The van der Waals surface area contributed by atoms with Crippen molar-refractivity contribution in [3.05, 3.63) is 59.4 Å². The van der Waals surface area contributed by atoms with Crippen molar-refractivity contribution in [2.45, 2.75) is 19.8 Å². The summed E-state index contributed by atoms with van der Waals surface area (Å²) in [5.41, 5.74) is 2.99. The van der Waals surface area contributed by atoms with Gasteiger partial charge in [-0.1, -0.05) is 36.5 Å². The van der Waals surface area contributed by atoms with Gasteiger partial charge in [-0.3, -0.25) is 9.69 Å². The number of benzene rings is 2. The lowest BCUT2D eigenvalue weighted by molar-refractivity contribution is -0.856. The second-order valence-corrected chi connectivity index (χ2v) is 7.97. The highest BCUT2D eigenvalue weighted by atomic mass is 32.1. The van der Waals surface area contributed by atoms with Crippen LogP contribution in [0.2, 0.25) is 0 Å². The molecule has 1 N–H and O–H groups in total. The molecule has 0 aliphatic carbocycles. The molecule has 0 aliphatic heterocycles. The smallest absolute Gasteiger partial charge is 0.233 e. The van der Waals surface area contributed by atoms with Crippen molar-refractivity contribution in [3.8, 4) is 0 Å². The quantitative estimate of drug-likeness (QED) is 0.678. The third-order valence-electron chi connectivity index (χ3n) is 4.49. The van der Waals surface area contributed by atoms with Gasteiger partial charge in [0.2, 0.25) is 5.91 Å². The third kappa shape index (κ3) is 4.90. The Morgan fingerprint density at radius 1 is 1.15 bits per heavy atom. The molecule has 27 heavy (non-hydrogen) atoms. The van der Waals surface area contributed by atoms with Gasteiger partial charge in [-0.2, -0.15) is 0 Å². The molecule has 4 nitrogen and oxygen atoms in total. The Bertz CT molecular complexity index is 921. The van der Waals surface area contributed by atoms with E-state index in [-0.39, 0.29) is 18.1 Å². The fraction of sp³-hybridized carbons (Fsp3) is 0.333. The van der Waals surface area contributed by atoms with E-state index in [0.29, 0.717) is 6.54 Å². The lowest BCUT2D eigenvalue weighted by atomic mass is 10.1. The molecule has 3 rings (SSSR count). The number of nitrogens with one attached hydrogen (secondary N) is 1. The van der Waals surface area contributed by atoms with Gasteiger partial charge in [0.1, 0.15) is 5.82 Å². The number of aryl methyl sites for hydroxylation is 1. The first-order chi connectivity index (χ1) is 13.0. The minimum Gasteiger partial charge on any atom is -0.338 e. The number of halogens is 1. The standard InChI is InChI=1S/C21H24FN3OS/c1-4-15-7-10-18-19(13-15)27-21(23-18)25(12-11-24(2)3)20(26)14-16-5-8-17(22)9-6-16/h5-10,13H,4,11-12,14H2,1-3H3/p+1. The molecule has 142 valence electrons. The number of carbonyl (C=O) groups excluding carboxylic acids is 1. The second-order valence-electron chi connectivity index (χ2n) is 6.96. The molecule has 0 aliphatic rings. The summed E-state index contributed by atoms with van der Waals surface area (Å²) >= 11 is 1.55. The van der Waals surface area contributed by atoms with Crippen molar-refractivity contribution in [1.29, 1.82) is 0 Å². The predicted molar refractivity (Wildman–Crippen MR) is 109 cm³/mol. The number of likely N-dealkylation sites (N-methyl/N-ethyl adjacent to an activating group) is 1. The molecule has 0 fully saturated rings. The predicted octanol–water partition coefficient (Wildman–Crippen LogP) is 2.72. The maximum absolute atomic E-state index is 13.1. The number of fused-ring (bicyclic) bond motifs is 1. The first kappa shape index (κ1) is 19.5. The molecule has 0 bridgehead atoms. The molecule has 1 heterocycles. The van der Waals surface area contributed by atoms with Crippen LogP contribution in [0.3, 0.4) is 0 Å². The van der Waals surface area contributed by atoms with E-state index in [4.69, 9.17) is 4.98 Å². The van der Waals surface area contributed by atoms with Gasteiger partial charge in [-0.05, 0) is 41.8 Å². The summed E-state index contributed by atoms with van der Waals surface area (Å²) in [6, 6.07) is 12.4. The molecule has 0 spiro atoms. The van der Waals surface area contributed by atoms with Gasteiger partial charge < -0.3 is 4.90 Å². The van der Waals surface area contributed by atoms with E-state index in [1.54, 1.807) is 28.4 Å². The molecule has 6 heteroatoms. The minimum absolute atomic E-state index is 0.0161. The summed E-state index contributed by atoms with van der Waals surface area (Å²) < 4.78 is 14.2. The van der Waals surface area contributed by atoms with Crippen LogP contribution in [0.1, 0.15) is 18.1 Å². The Labute approximate surface area is 163 Å². The SMILES string of the molecule is CCc1ccc2nc(N(CC[NH+](C)C)C(=O)Cc3ccc(F)cc3)sc2c1. The first-order valence-electron chi connectivity index (χ1n) is 9.19. The Kier molecular flexibility index (Phi) is 6.19. The molecule has 0 saturated heterocycles. The Morgan fingerprint density at radius 2 is 1.85 bits per heavy atom. The van der Waals surface area contributed by atoms with Crippen LogP contribution in [0, 0.1) is 5.82 Å². The summed E-state index contributed by atoms with van der Waals surface area (Å²) in [6.07, 6.45) is 1.21. The van der Waals surface area contributed by atoms with Crippen LogP contribution in [-0.2, 0) is 17.6 Å². The summed E-state index contributed by atoms with van der Waals surface area (Å²) in [4.78, 5) is 20.7. The molecule has 0 saturated carbocycles. The van der Waals surface area contributed by atoms with Gasteiger partial charge in [0.25, 0.3) is 0 Å². The van der Waals surface area contributed by atoms with Gasteiger partial charge in [0.15, 0.2) is 5.13 Å². The van der Waals surface area contributed by atoms with Crippen molar-refractivity contribution < 1.29 is 14.1 Å². The number of thiazole rings is 1. The highest BCUT2D eigenvalue weighted by molar-refractivity contribution is 7.22. The highest BCUT2D eigenvalue weighted by Gasteiger charge is 2.21. The average molecular weight is 387 g/mol. The van der Waals surface area contributed by atoms with E-state index in [1.165, 1.54) is 22.6 Å². The van der Waals surface area contributed by atoms with Crippen LogP contribution in [0.15, 0.2) is 42.5 Å². The topological polar surface area (TPSA) is 37.6 Å². The number of anilines is 1. The first-order valence-corrected chi connectivity index (χ1v) is 10.0. The van der Waals surface area contributed by atoms with Gasteiger partial charge in [-0.15, -0.1) is 0 Å². The zero-order valence-corrected chi connectivity index (χ0v) is 16.8. The number of carbonyl (C=O) groups is 1. The number of amides is 1. The van der Waals surface area contributed by atoms with Gasteiger partial charge in [-0.25, -0.2) is 9.37 Å². The van der Waals surface area contributed by atoms with Gasteiger partial charge in [0, 0.05) is 0 Å². The summed E-state index contributed by atoms with van der Waals surface area (Å²) in [7, 11) is 4.13. The molecule has 1 aromatic heterocycles. The highest BCUT2D eigenvalue weighted by Crippen LogP contribution is 2.30. The number of aromatic nitrogens is 1. The zero-order valence-electron chi connectivity index (χ0n) is 16.0. The third-order valence-corrected chi connectivity index (χ3v) is 5.53. The van der Waals surface area contributed by atoms with E-state index in [2.05, 4.69) is 33.2 Å². The van der Waals surface area contributed by atoms with Crippen LogP contribution in [0.5, 0.6) is 0 Å². The van der Waals surface area contributed by atoms with E-state index in [1.807, 2.05) is 6.07 Å². The van der Waals surface area contributed by atoms with Crippen molar-refractivity contribution in [3.63, 3.8) is 0 Å². The van der Waals surface area contributed by atoms with Crippen molar-refractivity contribution in [1.82, 2.24) is 4.98 Å². The zero-order chi connectivity index (χ0) is 19.4. The van der Waals surface area contributed by atoms with E-state index >= 15 is 0 Å². The maximum atomic E-state index is 13.1. The molecular formula is C21H25FN3OS+. The Hall–Kier alpha value is -2.31. The fourth-order valence-corrected chi connectivity index (χ4v) is 3.90. The summed E-state index contributed by atoms with van der Waals surface area (Å²) in [6.45, 7) is 3.55. The number of rotatable bonds is 7. The Morgan fingerprint density at radius 3 is 2.52 bits per heavy atom. The van der Waals surface area contributed by atoms with Crippen molar-refractivity contribution in [2.24, 2.45) is 0 Å². The van der Waals surface area contributed by atoms with Crippen LogP contribution < -0.4 is 9.80 Å². The number of hydrogen-bond donors (Lipinski definition) is 1. The lowest BCUT2D eigenvalue weighted by Gasteiger charge is -2.20. The van der Waals surface area contributed by atoms with E-state index < -0.39 is 0 Å². The number of hydrogen-bond acceptors (Lipinski definition) is 3. The van der Waals surface area contributed by atoms with Crippen LogP contribution in [0.4, 0.5) is 9.52 Å². The van der Waals surface area contributed by atoms with Crippen LogP contribution in [-0.4, -0.2) is 38.1 Å². The van der Waals surface area contributed by atoms with Crippen LogP contribution >= 0.6 is 11.3 Å². The average Bonchev–Trinajstić information content (AvgIpc) is 3.06. The molecule has 0 atom stereocenters. The monoisotopic (exact) mass is 386 g/mol. The minimum atomic E-state index is -0.294. The second kappa shape index (κ2) is 8.59. The molecular weight excluding hydrogens is 361 g/mol. The molecule has 0 unspecified atom stereocenters. The Balaban J connectivity index is 1.87. The van der Waals surface area contributed by atoms with Crippen molar-refractivity contribution >= 4 is 32.6 Å². The van der Waals surface area contributed by atoms with E-state index in [9.17, 15) is 9.18 Å². The van der Waals surface area contributed by atoms with Crippen molar-refractivity contribution in [2.75, 3.05) is 32.1 Å². The molecule has 0 radical (unpaired) electrons.